The molecule has 106 valence electrons. The van der Waals surface area contributed by atoms with Crippen molar-refractivity contribution >= 4 is 22.2 Å². The molecule has 19 heavy (non-hydrogen) atoms. The second-order valence-electron chi connectivity index (χ2n) is 3.84. The number of aldehydes is 1. The summed E-state index contributed by atoms with van der Waals surface area (Å²) in [6.45, 7) is 1.23. The lowest BCUT2D eigenvalue weighted by atomic mass is 10.2. The summed E-state index contributed by atoms with van der Waals surface area (Å²) >= 11 is 3.30. The van der Waals surface area contributed by atoms with Crippen LogP contribution in [0.1, 0.15) is 10.4 Å². The van der Waals surface area contributed by atoms with Crippen LogP contribution in [0, 0.1) is 0 Å². The summed E-state index contributed by atoms with van der Waals surface area (Å²) in [5.74, 6) is 0.571. The maximum absolute atomic E-state index is 10.6. The molecule has 0 heterocycles. The second-order valence-corrected chi connectivity index (χ2v) is 4.69. The molecule has 1 rings (SSSR count). The molecule has 0 saturated heterocycles. The van der Waals surface area contributed by atoms with E-state index >= 15 is 0 Å². The highest BCUT2D eigenvalue weighted by Gasteiger charge is 2.08. The number of halogens is 1. The van der Waals surface area contributed by atoms with E-state index < -0.39 is 6.10 Å². The number of hydrogen-bond acceptors (Lipinski definition) is 5. The van der Waals surface area contributed by atoms with Crippen molar-refractivity contribution in [2.24, 2.45) is 0 Å². The van der Waals surface area contributed by atoms with Gasteiger partial charge < -0.3 is 19.3 Å². The predicted octanol–water partition coefficient (Wildman–Crippen LogP) is 1.66. The fourth-order valence-corrected chi connectivity index (χ4v) is 1.81. The van der Waals surface area contributed by atoms with Crippen LogP contribution >= 0.6 is 15.9 Å². The Labute approximate surface area is 120 Å². The Morgan fingerprint density at radius 1 is 1.37 bits per heavy atom. The highest BCUT2D eigenvalue weighted by Crippen LogP contribution is 2.25. The minimum Gasteiger partial charge on any atom is -0.490 e. The zero-order chi connectivity index (χ0) is 14.1. The molecule has 0 amide bonds. The van der Waals surface area contributed by atoms with Crippen LogP contribution in [0.2, 0.25) is 0 Å². The molecule has 0 saturated carbocycles. The highest BCUT2D eigenvalue weighted by atomic mass is 79.9. The molecule has 0 aliphatic rings. The summed E-state index contributed by atoms with van der Waals surface area (Å²) in [4.78, 5) is 10.6. The van der Waals surface area contributed by atoms with Crippen LogP contribution in [0.25, 0.3) is 0 Å². The van der Waals surface area contributed by atoms with Crippen molar-refractivity contribution in [1.82, 2.24) is 0 Å². The normalized spacial score (nSPS) is 12.2. The van der Waals surface area contributed by atoms with Gasteiger partial charge in [-0.2, -0.15) is 0 Å². The molecule has 1 aromatic rings. The number of hydrogen-bond donors (Lipinski definition) is 1. The van der Waals surface area contributed by atoms with E-state index in [1.165, 1.54) is 0 Å². The summed E-state index contributed by atoms with van der Waals surface area (Å²) in [6, 6.07) is 4.98. The van der Waals surface area contributed by atoms with Gasteiger partial charge >= 0.3 is 0 Å². The number of benzene rings is 1. The van der Waals surface area contributed by atoms with Gasteiger partial charge in [0.1, 0.15) is 24.7 Å². The van der Waals surface area contributed by atoms with Gasteiger partial charge in [-0.25, -0.2) is 0 Å². The Kier molecular flexibility index (Phi) is 7.66. The molecule has 5 nitrogen and oxygen atoms in total. The van der Waals surface area contributed by atoms with Gasteiger partial charge in [-0.05, 0) is 34.1 Å². The highest BCUT2D eigenvalue weighted by molar-refractivity contribution is 9.10. The molecule has 6 heteroatoms. The first-order chi connectivity index (χ1) is 9.17. The Morgan fingerprint density at radius 3 is 2.79 bits per heavy atom. The Morgan fingerprint density at radius 2 is 2.16 bits per heavy atom. The first kappa shape index (κ1) is 16.1. The number of aliphatic hydroxyl groups excluding tert-OH is 1. The Hall–Kier alpha value is -0.950. The van der Waals surface area contributed by atoms with Gasteiger partial charge in [0.25, 0.3) is 0 Å². The van der Waals surface area contributed by atoms with Gasteiger partial charge in [-0.1, -0.05) is 0 Å². The molecule has 0 bridgehead atoms. The van der Waals surface area contributed by atoms with Crippen LogP contribution in [0.5, 0.6) is 5.75 Å². The zero-order valence-corrected chi connectivity index (χ0v) is 12.3. The minimum absolute atomic E-state index is 0.117. The maximum atomic E-state index is 10.6. The molecular weight excluding hydrogens is 316 g/mol. The molecule has 0 aromatic heterocycles. The maximum Gasteiger partial charge on any atom is 0.150 e. The largest absolute Gasteiger partial charge is 0.490 e. The van der Waals surface area contributed by atoms with Crippen molar-refractivity contribution in [2.45, 2.75) is 6.10 Å². The van der Waals surface area contributed by atoms with E-state index in [4.69, 9.17) is 14.2 Å². The lowest BCUT2D eigenvalue weighted by Crippen LogP contribution is -2.24. The fourth-order valence-electron chi connectivity index (χ4n) is 1.30. The molecule has 0 radical (unpaired) electrons. The van der Waals surface area contributed by atoms with E-state index in [-0.39, 0.29) is 13.2 Å². The molecule has 1 aromatic carbocycles. The van der Waals surface area contributed by atoms with E-state index in [9.17, 15) is 9.90 Å². The molecule has 0 aliphatic carbocycles. The smallest absolute Gasteiger partial charge is 0.150 e. The van der Waals surface area contributed by atoms with Gasteiger partial charge in [0.2, 0.25) is 0 Å². The van der Waals surface area contributed by atoms with Gasteiger partial charge in [-0.15, -0.1) is 0 Å². The van der Waals surface area contributed by atoms with Gasteiger partial charge in [0.05, 0.1) is 24.3 Å². The number of carbonyl (C=O) groups is 1. The van der Waals surface area contributed by atoms with Crippen LogP contribution in [-0.4, -0.2) is 51.0 Å². The summed E-state index contributed by atoms with van der Waals surface area (Å²) in [5, 5.41) is 9.64. The zero-order valence-electron chi connectivity index (χ0n) is 10.7. The Bertz CT molecular complexity index is 397. The molecular formula is C13H17BrO5. The van der Waals surface area contributed by atoms with E-state index in [1.54, 1.807) is 25.3 Å². The molecule has 0 aliphatic heterocycles. The van der Waals surface area contributed by atoms with Crippen LogP contribution in [0.4, 0.5) is 0 Å². The molecule has 1 atom stereocenters. The number of rotatable bonds is 9. The Balaban J connectivity index is 2.33. The van der Waals surface area contributed by atoms with Crippen molar-refractivity contribution in [3.63, 3.8) is 0 Å². The number of aliphatic hydroxyl groups is 1. The third kappa shape index (κ3) is 6.15. The van der Waals surface area contributed by atoms with Crippen molar-refractivity contribution in [3.05, 3.63) is 28.2 Å². The molecule has 0 fully saturated rings. The van der Waals surface area contributed by atoms with Crippen molar-refractivity contribution in [1.29, 1.82) is 0 Å². The molecule has 1 N–H and O–H groups in total. The molecule has 1 unspecified atom stereocenters. The quantitative estimate of drug-likeness (QED) is 0.550. The second kappa shape index (κ2) is 9.03. The number of ether oxygens (including phenoxy) is 3. The van der Waals surface area contributed by atoms with Crippen LogP contribution < -0.4 is 4.74 Å². The standard InChI is InChI=1S/C13H17BrO5/c1-17-4-5-18-8-11(16)9-19-13-3-2-10(7-15)6-12(13)14/h2-3,6-7,11,16H,4-5,8-9H2,1H3. The topological polar surface area (TPSA) is 65.0 Å². The number of carbonyl (C=O) groups excluding carboxylic acids is 1. The van der Waals surface area contributed by atoms with Crippen LogP contribution in [-0.2, 0) is 9.47 Å². The summed E-state index contributed by atoms with van der Waals surface area (Å²) in [5.41, 5.74) is 0.558. The summed E-state index contributed by atoms with van der Waals surface area (Å²) < 4.78 is 16.1. The lowest BCUT2D eigenvalue weighted by Gasteiger charge is -2.13. The van der Waals surface area contributed by atoms with Crippen LogP contribution in [0.15, 0.2) is 22.7 Å². The van der Waals surface area contributed by atoms with E-state index in [1.807, 2.05) is 0 Å². The average molecular weight is 333 g/mol. The first-order valence-electron chi connectivity index (χ1n) is 5.79. The SMILES string of the molecule is COCCOCC(O)COc1ccc(C=O)cc1Br. The van der Waals surface area contributed by atoms with Crippen molar-refractivity contribution in [3.8, 4) is 5.75 Å². The van der Waals surface area contributed by atoms with E-state index in [0.717, 1.165) is 6.29 Å². The van der Waals surface area contributed by atoms with Gasteiger partial charge in [0, 0.05) is 12.7 Å². The third-order valence-corrected chi connectivity index (χ3v) is 2.88. The number of methoxy groups -OCH3 is 1. The van der Waals surface area contributed by atoms with Crippen molar-refractivity contribution < 1.29 is 24.1 Å². The predicted molar refractivity (Wildman–Crippen MR) is 73.7 cm³/mol. The molecule has 0 spiro atoms. The van der Waals surface area contributed by atoms with Gasteiger partial charge in [-0.3, -0.25) is 4.79 Å². The summed E-state index contributed by atoms with van der Waals surface area (Å²) in [6.07, 6.45) is 0.0436. The lowest BCUT2D eigenvalue weighted by molar-refractivity contribution is -0.00429. The van der Waals surface area contributed by atoms with E-state index in [0.29, 0.717) is 29.0 Å². The monoisotopic (exact) mass is 332 g/mol. The summed E-state index contributed by atoms with van der Waals surface area (Å²) in [7, 11) is 1.59. The third-order valence-electron chi connectivity index (χ3n) is 2.27. The van der Waals surface area contributed by atoms with Gasteiger partial charge in [0.15, 0.2) is 0 Å². The first-order valence-corrected chi connectivity index (χ1v) is 6.59. The fraction of sp³-hybridized carbons (Fsp3) is 0.462. The van der Waals surface area contributed by atoms with Crippen LogP contribution in [0.3, 0.4) is 0 Å². The average Bonchev–Trinajstić information content (AvgIpc) is 2.42. The van der Waals surface area contributed by atoms with Crippen molar-refractivity contribution in [2.75, 3.05) is 33.5 Å². The van der Waals surface area contributed by atoms with E-state index in [2.05, 4.69) is 15.9 Å². The minimum atomic E-state index is -0.713.